The van der Waals surface area contributed by atoms with Crippen molar-refractivity contribution in [3.8, 4) is 0 Å². The molecule has 0 aliphatic carbocycles. The summed E-state index contributed by atoms with van der Waals surface area (Å²) in [5.41, 5.74) is -0.0643. The highest BCUT2D eigenvalue weighted by atomic mass is 16.5. The summed E-state index contributed by atoms with van der Waals surface area (Å²) in [6, 6.07) is 0. The molecule has 0 fully saturated rings. The van der Waals surface area contributed by atoms with Crippen molar-refractivity contribution in [1.29, 1.82) is 0 Å². The van der Waals surface area contributed by atoms with Crippen LogP contribution in [0.4, 0.5) is 0 Å². The van der Waals surface area contributed by atoms with Gasteiger partial charge < -0.3 is 9.84 Å². The third-order valence-corrected chi connectivity index (χ3v) is 1.34. The number of hydrogen-bond donors (Lipinski definition) is 1. The maximum Gasteiger partial charge on any atom is 0.176 e. The first-order chi connectivity index (χ1) is 5.48. The van der Waals surface area contributed by atoms with Gasteiger partial charge in [0.1, 0.15) is 5.76 Å². The minimum atomic E-state index is -0.0643. The van der Waals surface area contributed by atoms with Crippen LogP contribution in [0.5, 0.6) is 0 Å². The second-order valence-electron chi connectivity index (χ2n) is 3.53. The fraction of sp³-hybridized carbons (Fsp3) is 0.667. The Bertz CT molecular complexity index is 168. The van der Waals surface area contributed by atoms with Crippen molar-refractivity contribution >= 4 is 6.40 Å². The van der Waals surface area contributed by atoms with Crippen LogP contribution in [0.25, 0.3) is 0 Å². The molecular weight excluding hydrogens is 154 g/mol. The third kappa shape index (κ3) is 4.91. The lowest BCUT2D eigenvalue weighted by atomic mass is 9.95. The van der Waals surface area contributed by atoms with Crippen LogP contribution in [0.15, 0.2) is 17.3 Å². The maximum absolute atomic E-state index is 8.40. The van der Waals surface area contributed by atoms with Gasteiger partial charge in [-0.2, -0.15) is 0 Å². The molecule has 0 rings (SSSR count). The van der Waals surface area contributed by atoms with Gasteiger partial charge in [-0.15, -0.1) is 0 Å². The van der Waals surface area contributed by atoms with Crippen LogP contribution < -0.4 is 0 Å². The summed E-state index contributed by atoms with van der Waals surface area (Å²) >= 11 is 0. The van der Waals surface area contributed by atoms with E-state index in [1.165, 1.54) is 6.40 Å². The zero-order chi connectivity index (χ0) is 9.61. The average Bonchev–Trinajstić information content (AvgIpc) is 1.96. The van der Waals surface area contributed by atoms with Gasteiger partial charge in [-0.1, -0.05) is 27.4 Å². The van der Waals surface area contributed by atoms with E-state index in [1.54, 1.807) is 0 Å². The van der Waals surface area contributed by atoms with Crippen LogP contribution >= 0.6 is 0 Å². The summed E-state index contributed by atoms with van der Waals surface area (Å²) in [5.74, 6) is 0.671. The number of aliphatic imine (C=N–C) groups is 1. The normalized spacial score (nSPS) is 12.0. The Morgan fingerprint density at radius 1 is 1.58 bits per heavy atom. The van der Waals surface area contributed by atoms with Crippen LogP contribution in [-0.4, -0.2) is 24.7 Å². The van der Waals surface area contributed by atoms with E-state index < -0.39 is 0 Å². The lowest BCUT2D eigenvalue weighted by Gasteiger charge is -2.19. The van der Waals surface area contributed by atoms with Crippen LogP contribution in [0.1, 0.15) is 20.8 Å². The molecule has 0 radical (unpaired) electrons. The molecule has 0 aromatic rings. The molecule has 3 nitrogen and oxygen atoms in total. The van der Waals surface area contributed by atoms with Crippen LogP contribution in [0.2, 0.25) is 0 Å². The third-order valence-electron chi connectivity index (χ3n) is 1.34. The number of hydrogen-bond acceptors (Lipinski definition) is 3. The topological polar surface area (TPSA) is 41.8 Å². The Kier molecular flexibility index (Phi) is 4.59. The number of nitrogens with zero attached hydrogens (tertiary/aromatic N) is 1. The van der Waals surface area contributed by atoms with Gasteiger partial charge in [0.2, 0.25) is 0 Å². The molecule has 0 aliphatic rings. The zero-order valence-corrected chi connectivity index (χ0v) is 8.00. The molecule has 0 aliphatic heterocycles. The fourth-order valence-corrected chi connectivity index (χ4v) is 0.388. The summed E-state index contributed by atoms with van der Waals surface area (Å²) in [5, 5.41) is 8.40. The van der Waals surface area contributed by atoms with Crippen molar-refractivity contribution in [2.24, 2.45) is 10.4 Å². The Balaban J connectivity index is 3.72. The van der Waals surface area contributed by atoms with Crippen molar-refractivity contribution in [1.82, 2.24) is 0 Å². The fourth-order valence-electron chi connectivity index (χ4n) is 0.388. The van der Waals surface area contributed by atoms with Crippen LogP contribution in [0.3, 0.4) is 0 Å². The largest absolute Gasteiger partial charge is 0.451 e. The monoisotopic (exact) mass is 171 g/mol. The average molecular weight is 171 g/mol. The summed E-state index contributed by atoms with van der Waals surface area (Å²) in [7, 11) is 0. The predicted molar refractivity (Wildman–Crippen MR) is 50.1 cm³/mol. The lowest BCUT2D eigenvalue weighted by molar-refractivity contribution is 0.289. The number of aliphatic hydroxyl groups is 1. The minimum absolute atomic E-state index is 0.0435. The molecule has 0 amide bonds. The summed E-state index contributed by atoms with van der Waals surface area (Å²) < 4.78 is 5.11. The first-order valence-electron chi connectivity index (χ1n) is 3.93. The SMILES string of the molecule is C=C(OC=NCCO)C(C)(C)C. The van der Waals surface area contributed by atoms with Crippen molar-refractivity contribution in [3.63, 3.8) is 0 Å². The number of allylic oxidation sites excluding steroid dienone is 1. The standard InChI is InChI=1S/C9H17NO2/c1-8(9(2,3)4)12-7-10-5-6-11/h7,11H,1,5-6H2,2-4H3. The first kappa shape index (κ1) is 11.2. The van der Waals surface area contributed by atoms with E-state index in [4.69, 9.17) is 9.84 Å². The van der Waals surface area contributed by atoms with E-state index in [0.29, 0.717) is 12.3 Å². The highest BCUT2D eigenvalue weighted by Gasteiger charge is 2.15. The lowest BCUT2D eigenvalue weighted by Crippen LogP contribution is -2.10. The van der Waals surface area contributed by atoms with Gasteiger partial charge in [0.25, 0.3) is 0 Å². The molecule has 0 heterocycles. The Labute approximate surface area is 73.8 Å². The minimum Gasteiger partial charge on any atom is -0.451 e. The second kappa shape index (κ2) is 4.93. The van der Waals surface area contributed by atoms with Gasteiger partial charge in [0.05, 0.1) is 13.2 Å². The Morgan fingerprint density at radius 3 is 2.58 bits per heavy atom. The molecule has 0 unspecified atom stereocenters. The van der Waals surface area contributed by atoms with Gasteiger partial charge in [-0.05, 0) is 0 Å². The van der Waals surface area contributed by atoms with E-state index >= 15 is 0 Å². The van der Waals surface area contributed by atoms with E-state index in [2.05, 4.69) is 11.6 Å². The van der Waals surface area contributed by atoms with Gasteiger partial charge >= 0.3 is 0 Å². The van der Waals surface area contributed by atoms with Gasteiger partial charge in [-0.3, -0.25) is 4.99 Å². The molecule has 12 heavy (non-hydrogen) atoms. The van der Waals surface area contributed by atoms with E-state index in [0.717, 1.165) is 0 Å². The van der Waals surface area contributed by atoms with E-state index in [-0.39, 0.29) is 12.0 Å². The molecule has 0 saturated carbocycles. The maximum atomic E-state index is 8.40. The van der Waals surface area contributed by atoms with Crippen LogP contribution in [0, 0.1) is 5.41 Å². The number of ether oxygens (including phenoxy) is 1. The highest BCUT2D eigenvalue weighted by Crippen LogP contribution is 2.23. The van der Waals surface area contributed by atoms with E-state index in [1.807, 2.05) is 20.8 Å². The molecule has 0 aromatic heterocycles. The highest BCUT2D eigenvalue weighted by molar-refractivity contribution is 5.48. The molecule has 0 spiro atoms. The first-order valence-corrected chi connectivity index (χ1v) is 3.93. The number of aliphatic hydroxyl groups excluding tert-OH is 1. The molecule has 70 valence electrons. The summed E-state index contributed by atoms with van der Waals surface area (Å²) in [6.07, 6.45) is 1.32. The molecular formula is C9H17NO2. The summed E-state index contributed by atoms with van der Waals surface area (Å²) in [6.45, 7) is 10.2. The molecule has 1 N–H and O–H groups in total. The molecule has 0 atom stereocenters. The van der Waals surface area contributed by atoms with Crippen LogP contribution in [-0.2, 0) is 4.74 Å². The Hall–Kier alpha value is -0.830. The molecule has 3 heteroatoms. The van der Waals surface area contributed by atoms with E-state index in [9.17, 15) is 0 Å². The van der Waals surface area contributed by atoms with Crippen molar-refractivity contribution in [2.75, 3.05) is 13.2 Å². The van der Waals surface area contributed by atoms with Gasteiger partial charge in [-0.25, -0.2) is 0 Å². The predicted octanol–water partition coefficient (Wildman–Crippen LogP) is 1.58. The van der Waals surface area contributed by atoms with Crippen molar-refractivity contribution in [2.45, 2.75) is 20.8 Å². The Morgan fingerprint density at radius 2 is 2.17 bits per heavy atom. The van der Waals surface area contributed by atoms with Crippen molar-refractivity contribution in [3.05, 3.63) is 12.3 Å². The molecule has 0 saturated heterocycles. The number of rotatable bonds is 4. The zero-order valence-electron chi connectivity index (χ0n) is 8.00. The van der Waals surface area contributed by atoms with Gasteiger partial charge in [0.15, 0.2) is 6.40 Å². The van der Waals surface area contributed by atoms with Crippen molar-refractivity contribution < 1.29 is 9.84 Å². The van der Waals surface area contributed by atoms with Gasteiger partial charge in [0, 0.05) is 5.41 Å². The molecule has 0 bridgehead atoms. The molecule has 0 aromatic carbocycles. The second-order valence-corrected chi connectivity index (χ2v) is 3.53. The smallest absolute Gasteiger partial charge is 0.176 e. The summed E-state index contributed by atoms with van der Waals surface area (Å²) in [4.78, 5) is 3.79. The quantitative estimate of drug-likeness (QED) is 0.396.